The molecule has 8 nitrogen and oxygen atoms in total. The van der Waals surface area contributed by atoms with Crippen molar-refractivity contribution in [3.8, 4) is 0 Å². The third-order valence-corrected chi connectivity index (χ3v) is 4.50. The van der Waals surface area contributed by atoms with E-state index in [0.29, 0.717) is 16.9 Å². The second-order valence-electron chi connectivity index (χ2n) is 5.24. The molecule has 0 aliphatic carbocycles. The molecule has 0 bridgehead atoms. The van der Waals surface area contributed by atoms with Gasteiger partial charge < -0.3 is 0 Å². The Labute approximate surface area is 155 Å². The van der Waals surface area contributed by atoms with E-state index in [9.17, 15) is 13.2 Å². The smallest absolute Gasteiger partial charge is 0.265 e. The van der Waals surface area contributed by atoms with E-state index in [1.807, 2.05) is 0 Å². The summed E-state index contributed by atoms with van der Waals surface area (Å²) in [5, 5.41) is 7.48. The predicted molar refractivity (Wildman–Crippen MR) is 97.9 cm³/mol. The normalized spacial score (nSPS) is 11.4. The summed E-state index contributed by atoms with van der Waals surface area (Å²) >= 11 is 0. The quantitative estimate of drug-likeness (QED) is 0.514. The lowest BCUT2D eigenvalue weighted by molar-refractivity contribution is 0.0995. The SMILES string of the molecule is O=C(N=Nc1ccc(NOS(=O)(=O)c2ccccc2)cc1)c1ccncc1. The van der Waals surface area contributed by atoms with Gasteiger partial charge in [-0.15, -0.1) is 14.5 Å². The summed E-state index contributed by atoms with van der Waals surface area (Å²) in [6.45, 7) is 0. The number of aromatic nitrogens is 1. The van der Waals surface area contributed by atoms with Crippen molar-refractivity contribution in [2.45, 2.75) is 4.90 Å². The maximum Gasteiger partial charge on any atom is 0.317 e. The standard InChI is InChI=1S/C18H14N4O4S/c23-18(14-10-12-19-13-11-14)21-20-15-6-8-16(9-7-15)22-26-27(24,25)17-4-2-1-3-5-17/h1-13,22H. The molecule has 1 N–H and O–H groups in total. The van der Waals surface area contributed by atoms with E-state index in [4.69, 9.17) is 4.28 Å². The number of pyridine rings is 1. The van der Waals surface area contributed by atoms with E-state index in [2.05, 4.69) is 20.7 Å². The zero-order chi connectivity index (χ0) is 19.1. The maximum atomic E-state index is 12.0. The van der Waals surface area contributed by atoms with E-state index in [1.54, 1.807) is 54.6 Å². The van der Waals surface area contributed by atoms with E-state index in [1.165, 1.54) is 24.5 Å². The average Bonchev–Trinajstić information content (AvgIpc) is 2.72. The molecule has 1 heterocycles. The highest BCUT2D eigenvalue weighted by Crippen LogP contribution is 2.19. The molecule has 0 radical (unpaired) electrons. The molecular formula is C18H14N4O4S. The van der Waals surface area contributed by atoms with Gasteiger partial charge in [-0.2, -0.15) is 8.42 Å². The summed E-state index contributed by atoms with van der Waals surface area (Å²) < 4.78 is 28.9. The van der Waals surface area contributed by atoms with Gasteiger partial charge in [0, 0.05) is 18.0 Å². The first kappa shape index (κ1) is 18.4. The number of azo groups is 1. The molecule has 9 heteroatoms. The molecule has 0 atom stereocenters. The molecule has 0 saturated carbocycles. The Kier molecular flexibility index (Phi) is 5.64. The van der Waals surface area contributed by atoms with Crippen LogP contribution in [0.5, 0.6) is 0 Å². The Bertz CT molecular complexity index is 1040. The van der Waals surface area contributed by atoms with Crippen LogP contribution in [0.25, 0.3) is 0 Å². The van der Waals surface area contributed by atoms with E-state index in [-0.39, 0.29) is 4.90 Å². The second kappa shape index (κ2) is 8.30. The lowest BCUT2D eigenvalue weighted by atomic mass is 10.3. The number of carbonyl (C=O) groups is 1. The fraction of sp³-hybridized carbons (Fsp3) is 0. The van der Waals surface area contributed by atoms with Gasteiger partial charge in [0.15, 0.2) is 0 Å². The highest BCUT2D eigenvalue weighted by molar-refractivity contribution is 7.86. The molecule has 0 fully saturated rings. The number of rotatable bonds is 6. The molecule has 3 rings (SSSR count). The minimum Gasteiger partial charge on any atom is -0.265 e. The molecule has 1 aromatic heterocycles. The van der Waals surface area contributed by atoms with Gasteiger partial charge >= 0.3 is 10.1 Å². The number of hydrogen-bond acceptors (Lipinski definition) is 7. The van der Waals surface area contributed by atoms with Gasteiger partial charge in [0.05, 0.1) is 16.3 Å². The number of benzene rings is 2. The van der Waals surface area contributed by atoms with Crippen molar-refractivity contribution < 1.29 is 17.5 Å². The molecular weight excluding hydrogens is 368 g/mol. The Morgan fingerprint density at radius 2 is 1.59 bits per heavy atom. The molecule has 0 saturated heterocycles. The highest BCUT2D eigenvalue weighted by atomic mass is 32.2. The average molecular weight is 382 g/mol. The van der Waals surface area contributed by atoms with Gasteiger partial charge in [-0.1, -0.05) is 18.2 Å². The van der Waals surface area contributed by atoms with Gasteiger partial charge in [0.25, 0.3) is 5.91 Å². The molecule has 27 heavy (non-hydrogen) atoms. The van der Waals surface area contributed by atoms with Crippen molar-refractivity contribution in [2.75, 3.05) is 5.48 Å². The van der Waals surface area contributed by atoms with Crippen LogP contribution in [-0.4, -0.2) is 19.3 Å². The van der Waals surface area contributed by atoms with Crippen molar-refractivity contribution in [2.24, 2.45) is 10.2 Å². The van der Waals surface area contributed by atoms with Crippen LogP contribution in [0, 0.1) is 0 Å². The first-order valence-corrected chi connectivity index (χ1v) is 9.16. The molecule has 0 aliphatic heterocycles. The molecule has 3 aromatic rings. The van der Waals surface area contributed by atoms with Crippen LogP contribution in [0.4, 0.5) is 11.4 Å². The Morgan fingerprint density at radius 1 is 0.926 bits per heavy atom. The van der Waals surface area contributed by atoms with Gasteiger partial charge in [-0.3, -0.25) is 9.78 Å². The van der Waals surface area contributed by atoms with Gasteiger partial charge in [0.2, 0.25) is 0 Å². The second-order valence-corrected chi connectivity index (χ2v) is 6.79. The first-order chi connectivity index (χ1) is 13.0. The van der Waals surface area contributed by atoms with Crippen LogP contribution < -0.4 is 5.48 Å². The maximum absolute atomic E-state index is 12.0. The van der Waals surface area contributed by atoms with Crippen LogP contribution in [-0.2, 0) is 14.4 Å². The van der Waals surface area contributed by atoms with E-state index >= 15 is 0 Å². The summed E-state index contributed by atoms with van der Waals surface area (Å²) in [6.07, 6.45) is 2.99. The zero-order valence-corrected chi connectivity index (χ0v) is 14.7. The summed E-state index contributed by atoms with van der Waals surface area (Å²) in [7, 11) is -3.92. The number of nitrogens with zero attached hydrogens (tertiary/aromatic N) is 3. The zero-order valence-electron chi connectivity index (χ0n) is 13.9. The van der Waals surface area contributed by atoms with E-state index < -0.39 is 16.0 Å². The molecule has 1 amide bonds. The van der Waals surface area contributed by atoms with Crippen molar-refractivity contribution in [1.29, 1.82) is 0 Å². The monoisotopic (exact) mass is 382 g/mol. The minimum absolute atomic E-state index is 0.0394. The fourth-order valence-electron chi connectivity index (χ4n) is 1.99. The molecule has 0 spiro atoms. The van der Waals surface area contributed by atoms with Crippen LogP contribution in [0.2, 0.25) is 0 Å². The highest BCUT2D eigenvalue weighted by Gasteiger charge is 2.14. The lowest BCUT2D eigenvalue weighted by Gasteiger charge is -2.07. The van der Waals surface area contributed by atoms with Crippen LogP contribution >= 0.6 is 0 Å². The van der Waals surface area contributed by atoms with Crippen molar-refractivity contribution in [1.82, 2.24) is 4.98 Å². The summed E-state index contributed by atoms with van der Waals surface area (Å²) in [6, 6.07) is 17.1. The predicted octanol–water partition coefficient (Wildman–Crippen LogP) is 3.74. The van der Waals surface area contributed by atoms with E-state index in [0.717, 1.165) is 0 Å². The van der Waals surface area contributed by atoms with Crippen LogP contribution in [0.1, 0.15) is 10.4 Å². The third-order valence-electron chi connectivity index (χ3n) is 3.35. The summed E-state index contributed by atoms with van der Waals surface area (Å²) in [5.74, 6) is -0.489. The Balaban J connectivity index is 1.61. The Hall–Kier alpha value is -3.43. The Morgan fingerprint density at radius 3 is 2.26 bits per heavy atom. The van der Waals surface area contributed by atoms with Crippen molar-refractivity contribution in [3.63, 3.8) is 0 Å². The molecule has 0 aliphatic rings. The van der Waals surface area contributed by atoms with Crippen LogP contribution in [0.15, 0.2) is 94.2 Å². The topological polar surface area (TPSA) is 110 Å². The number of nitrogens with one attached hydrogen (secondary N) is 1. The number of amides is 1. The summed E-state index contributed by atoms with van der Waals surface area (Å²) in [4.78, 5) is 15.7. The number of hydrogen-bond donors (Lipinski definition) is 1. The number of carbonyl (C=O) groups excluding carboxylic acids is 1. The van der Waals surface area contributed by atoms with Crippen molar-refractivity contribution >= 4 is 27.4 Å². The van der Waals surface area contributed by atoms with Gasteiger partial charge in [-0.05, 0) is 48.5 Å². The fourth-order valence-corrected chi connectivity index (χ4v) is 2.78. The molecule has 2 aromatic carbocycles. The lowest BCUT2D eigenvalue weighted by Crippen LogP contribution is -2.11. The first-order valence-electron chi connectivity index (χ1n) is 7.75. The third kappa shape index (κ3) is 5.03. The largest absolute Gasteiger partial charge is 0.317 e. The molecule has 0 unspecified atom stereocenters. The van der Waals surface area contributed by atoms with Crippen LogP contribution in [0.3, 0.4) is 0 Å². The summed E-state index contributed by atoms with van der Waals surface area (Å²) in [5.41, 5.74) is 3.57. The van der Waals surface area contributed by atoms with Gasteiger partial charge in [-0.25, -0.2) is 5.48 Å². The van der Waals surface area contributed by atoms with Crippen molar-refractivity contribution in [3.05, 3.63) is 84.7 Å². The molecule has 136 valence electrons. The number of anilines is 1. The minimum atomic E-state index is -3.92. The van der Waals surface area contributed by atoms with Gasteiger partial charge in [0.1, 0.15) is 0 Å².